The Morgan fingerprint density at radius 2 is 1.97 bits per heavy atom. The molecule has 0 aliphatic carbocycles. The van der Waals surface area contributed by atoms with Gasteiger partial charge in [-0.2, -0.15) is 0 Å². The Labute approximate surface area is 177 Å². The molecule has 0 spiro atoms. The lowest BCUT2D eigenvalue weighted by molar-refractivity contribution is -0.117. The zero-order valence-corrected chi connectivity index (χ0v) is 17.3. The number of amides is 2. The summed E-state index contributed by atoms with van der Waals surface area (Å²) in [5.74, 6) is 1.59. The number of anilines is 1. The largest absolute Gasteiger partial charge is 0.457 e. The van der Waals surface area contributed by atoms with Gasteiger partial charge in [0.05, 0.1) is 0 Å². The van der Waals surface area contributed by atoms with Crippen LogP contribution in [-0.4, -0.2) is 24.9 Å². The highest BCUT2D eigenvalue weighted by Gasteiger charge is 2.22. The van der Waals surface area contributed by atoms with E-state index in [2.05, 4.69) is 17.6 Å². The van der Waals surface area contributed by atoms with Crippen LogP contribution in [0.2, 0.25) is 0 Å². The molecule has 7 heteroatoms. The summed E-state index contributed by atoms with van der Waals surface area (Å²) in [6.45, 7) is 4.22. The van der Waals surface area contributed by atoms with Gasteiger partial charge in [0.2, 0.25) is 11.8 Å². The lowest BCUT2D eigenvalue weighted by atomic mass is 9.85. The van der Waals surface area contributed by atoms with Crippen molar-refractivity contribution in [3.63, 3.8) is 0 Å². The molecule has 2 unspecified atom stereocenters. The highest BCUT2D eigenvalue weighted by molar-refractivity contribution is 5.93. The molecule has 3 rings (SSSR count). The van der Waals surface area contributed by atoms with Crippen molar-refractivity contribution < 1.29 is 14.3 Å². The smallest absolute Gasteiger partial charge is 0.248 e. The number of primary amides is 1. The third-order valence-electron chi connectivity index (χ3n) is 5.14. The van der Waals surface area contributed by atoms with E-state index < -0.39 is 5.91 Å². The number of benzene rings is 2. The van der Waals surface area contributed by atoms with E-state index in [1.54, 1.807) is 48.5 Å². The summed E-state index contributed by atoms with van der Waals surface area (Å²) >= 11 is 0. The van der Waals surface area contributed by atoms with Crippen molar-refractivity contribution in [2.75, 3.05) is 18.4 Å². The Balaban J connectivity index is 0.00000300. The van der Waals surface area contributed by atoms with Crippen LogP contribution in [-0.2, 0) is 4.79 Å². The molecule has 2 amide bonds. The summed E-state index contributed by atoms with van der Waals surface area (Å²) in [4.78, 5) is 23.6. The first-order valence-corrected chi connectivity index (χ1v) is 9.69. The standard InChI is InChI=1S/C22H27N3O3.ClH/c1-15(17-5-3-11-24-14-17)12-21(26)25-18-7-9-19(10-8-18)28-20-6-2-4-16(13-20)22(23)27;/h2,4,6-10,13,15,17,24H,3,5,11-12,14H2,1H3,(H2,23,27)(H,25,26);1H. The van der Waals surface area contributed by atoms with Crippen molar-refractivity contribution in [2.24, 2.45) is 17.6 Å². The molecule has 2 aromatic rings. The lowest BCUT2D eigenvalue weighted by Crippen LogP contribution is -2.34. The van der Waals surface area contributed by atoms with Crippen molar-refractivity contribution >= 4 is 29.9 Å². The Morgan fingerprint density at radius 3 is 2.62 bits per heavy atom. The maximum atomic E-state index is 12.3. The Kier molecular flexibility index (Phi) is 8.49. The molecule has 0 aromatic heterocycles. The quantitative estimate of drug-likeness (QED) is 0.635. The van der Waals surface area contributed by atoms with Gasteiger partial charge in [0.25, 0.3) is 0 Å². The second-order valence-electron chi connectivity index (χ2n) is 7.35. The summed E-state index contributed by atoms with van der Waals surface area (Å²) in [6, 6.07) is 13.9. The number of nitrogens with two attached hydrogens (primary N) is 1. The van der Waals surface area contributed by atoms with Gasteiger partial charge in [-0.25, -0.2) is 0 Å². The number of hydrogen-bond acceptors (Lipinski definition) is 4. The molecule has 1 saturated heterocycles. The minimum atomic E-state index is -0.498. The number of halogens is 1. The van der Waals surface area contributed by atoms with Gasteiger partial charge in [-0.15, -0.1) is 12.4 Å². The predicted octanol–water partition coefficient (Wildman–Crippen LogP) is 3.96. The molecule has 6 nitrogen and oxygen atoms in total. The second-order valence-corrected chi connectivity index (χ2v) is 7.35. The van der Waals surface area contributed by atoms with E-state index in [0.29, 0.717) is 35.3 Å². The third kappa shape index (κ3) is 6.76. The van der Waals surface area contributed by atoms with Crippen LogP contribution in [0.1, 0.15) is 36.5 Å². The first-order valence-electron chi connectivity index (χ1n) is 9.69. The fourth-order valence-electron chi connectivity index (χ4n) is 3.49. The van der Waals surface area contributed by atoms with Crippen LogP contribution in [0, 0.1) is 11.8 Å². The average Bonchev–Trinajstić information content (AvgIpc) is 2.70. The molecule has 156 valence electrons. The summed E-state index contributed by atoms with van der Waals surface area (Å²) < 4.78 is 5.75. The van der Waals surface area contributed by atoms with Crippen molar-refractivity contribution in [2.45, 2.75) is 26.2 Å². The molecule has 0 saturated carbocycles. The Hall–Kier alpha value is -2.57. The van der Waals surface area contributed by atoms with Crippen molar-refractivity contribution in [3.05, 3.63) is 54.1 Å². The zero-order valence-electron chi connectivity index (χ0n) is 16.5. The molecule has 4 N–H and O–H groups in total. The number of piperidine rings is 1. The topological polar surface area (TPSA) is 93.4 Å². The number of hydrogen-bond donors (Lipinski definition) is 3. The van der Waals surface area contributed by atoms with Crippen LogP contribution in [0.15, 0.2) is 48.5 Å². The second kappa shape index (κ2) is 10.8. The number of ether oxygens (including phenoxy) is 1. The Bertz CT molecular complexity index is 820. The van der Waals surface area contributed by atoms with E-state index >= 15 is 0 Å². The van der Waals surface area contributed by atoms with Gasteiger partial charge in [0, 0.05) is 17.7 Å². The average molecular weight is 418 g/mol. The molecule has 0 bridgehead atoms. The molecular weight excluding hydrogens is 390 g/mol. The first-order chi connectivity index (χ1) is 13.5. The summed E-state index contributed by atoms with van der Waals surface area (Å²) in [6.07, 6.45) is 2.88. The van der Waals surface area contributed by atoms with Gasteiger partial charge in [-0.05, 0) is 80.2 Å². The molecule has 29 heavy (non-hydrogen) atoms. The fraction of sp³-hybridized carbons (Fsp3) is 0.364. The monoisotopic (exact) mass is 417 g/mol. The van der Waals surface area contributed by atoms with Crippen molar-refractivity contribution in [1.82, 2.24) is 5.32 Å². The van der Waals surface area contributed by atoms with Crippen LogP contribution in [0.5, 0.6) is 11.5 Å². The van der Waals surface area contributed by atoms with Gasteiger partial charge in [0.1, 0.15) is 11.5 Å². The first kappa shape index (κ1) is 22.7. The van der Waals surface area contributed by atoms with Crippen LogP contribution < -0.4 is 21.1 Å². The van der Waals surface area contributed by atoms with Crippen LogP contribution in [0.3, 0.4) is 0 Å². The van der Waals surface area contributed by atoms with E-state index in [1.807, 2.05) is 0 Å². The van der Waals surface area contributed by atoms with Crippen LogP contribution >= 0.6 is 12.4 Å². The van der Waals surface area contributed by atoms with Crippen molar-refractivity contribution in [1.29, 1.82) is 0 Å². The maximum Gasteiger partial charge on any atom is 0.248 e. The third-order valence-corrected chi connectivity index (χ3v) is 5.14. The summed E-state index contributed by atoms with van der Waals surface area (Å²) in [5.41, 5.74) is 6.41. The highest BCUT2D eigenvalue weighted by atomic mass is 35.5. The van der Waals surface area contributed by atoms with Gasteiger partial charge in [0.15, 0.2) is 0 Å². The van der Waals surface area contributed by atoms with Gasteiger partial charge < -0.3 is 21.1 Å². The molecule has 1 aliphatic rings. The number of nitrogens with one attached hydrogen (secondary N) is 2. The van der Waals surface area contributed by atoms with Gasteiger partial charge >= 0.3 is 0 Å². The SMILES string of the molecule is CC(CC(=O)Nc1ccc(Oc2cccc(C(N)=O)c2)cc1)C1CCCNC1.Cl. The van der Waals surface area contributed by atoms with E-state index in [1.165, 1.54) is 12.8 Å². The van der Waals surface area contributed by atoms with E-state index in [-0.39, 0.29) is 18.3 Å². The summed E-state index contributed by atoms with van der Waals surface area (Å²) in [5, 5.41) is 6.35. The van der Waals surface area contributed by atoms with E-state index in [9.17, 15) is 9.59 Å². The normalized spacial score (nSPS) is 16.9. The number of carbonyl (C=O) groups is 2. The Morgan fingerprint density at radius 1 is 1.21 bits per heavy atom. The number of rotatable bonds is 7. The molecule has 1 heterocycles. The fourth-order valence-corrected chi connectivity index (χ4v) is 3.49. The summed E-state index contributed by atoms with van der Waals surface area (Å²) in [7, 11) is 0. The van der Waals surface area contributed by atoms with E-state index in [0.717, 1.165) is 18.8 Å². The minimum Gasteiger partial charge on any atom is -0.457 e. The van der Waals surface area contributed by atoms with Gasteiger partial charge in [-0.1, -0.05) is 13.0 Å². The molecule has 1 aliphatic heterocycles. The maximum absolute atomic E-state index is 12.3. The molecular formula is C22H28ClN3O3. The lowest BCUT2D eigenvalue weighted by Gasteiger charge is -2.28. The van der Waals surface area contributed by atoms with Crippen LogP contribution in [0.25, 0.3) is 0 Å². The highest BCUT2D eigenvalue weighted by Crippen LogP contribution is 2.25. The predicted molar refractivity (Wildman–Crippen MR) is 117 cm³/mol. The molecule has 2 atom stereocenters. The van der Waals surface area contributed by atoms with Crippen molar-refractivity contribution in [3.8, 4) is 11.5 Å². The molecule has 1 fully saturated rings. The van der Waals surface area contributed by atoms with Crippen LogP contribution in [0.4, 0.5) is 5.69 Å². The zero-order chi connectivity index (χ0) is 19.9. The minimum absolute atomic E-state index is 0. The number of carbonyl (C=O) groups excluding carboxylic acids is 2. The molecule has 0 radical (unpaired) electrons. The molecule has 2 aromatic carbocycles. The van der Waals surface area contributed by atoms with Gasteiger partial charge in [-0.3, -0.25) is 9.59 Å². The van der Waals surface area contributed by atoms with E-state index in [4.69, 9.17) is 10.5 Å².